The second-order valence-corrected chi connectivity index (χ2v) is 10.4. The minimum Gasteiger partial charge on any atom is -0.465 e. The molecule has 1 aliphatic carbocycles. The number of piperidine rings is 1. The molecule has 3 aromatic heterocycles. The molecule has 1 aliphatic heterocycles. The van der Waals surface area contributed by atoms with Crippen molar-refractivity contribution in [3.05, 3.63) is 59.5 Å². The van der Waals surface area contributed by atoms with E-state index in [1.807, 2.05) is 49.7 Å². The summed E-state index contributed by atoms with van der Waals surface area (Å²) >= 11 is 8.34. The average molecular weight is 519 g/mol. The van der Waals surface area contributed by atoms with Gasteiger partial charge in [-0.3, -0.25) is 4.98 Å². The molecule has 2 atom stereocenters. The molecule has 8 nitrogen and oxygen atoms in total. The Bertz CT molecular complexity index is 1490. The van der Waals surface area contributed by atoms with Gasteiger partial charge >= 0.3 is 6.09 Å². The minimum atomic E-state index is -0.973. The van der Waals surface area contributed by atoms with Crippen LogP contribution in [0.4, 0.5) is 10.6 Å². The predicted molar refractivity (Wildman–Crippen MR) is 142 cm³/mol. The van der Waals surface area contributed by atoms with Crippen molar-refractivity contribution in [2.75, 3.05) is 24.2 Å². The van der Waals surface area contributed by atoms with Gasteiger partial charge < -0.3 is 15.3 Å². The van der Waals surface area contributed by atoms with Crippen molar-refractivity contribution < 1.29 is 9.90 Å². The molecular weight excluding hydrogens is 496 g/mol. The summed E-state index contributed by atoms with van der Waals surface area (Å²) in [6.45, 7) is 3.39. The molecule has 0 radical (unpaired) electrons. The van der Waals surface area contributed by atoms with E-state index in [0.717, 1.165) is 39.2 Å². The van der Waals surface area contributed by atoms with Crippen molar-refractivity contribution in [3.63, 3.8) is 0 Å². The number of rotatable bonds is 5. The highest BCUT2D eigenvalue weighted by molar-refractivity contribution is 7.98. The van der Waals surface area contributed by atoms with Crippen LogP contribution in [0, 0.1) is 18.8 Å². The van der Waals surface area contributed by atoms with Crippen molar-refractivity contribution in [1.29, 1.82) is 0 Å². The van der Waals surface area contributed by atoms with E-state index < -0.39 is 6.09 Å². The number of aromatic nitrogens is 4. The lowest BCUT2D eigenvalue weighted by molar-refractivity contribution is 0.192. The van der Waals surface area contributed by atoms with Crippen LogP contribution in [0.15, 0.2) is 53.9 Å². The van der Waals surface area contributed by atoms with Gasteiger partial charge in [0.05, 0.1) is 0 Å². The van der Waals surface area contributed by atoms with E-state index in [2.05, 4.69) is 31.2 Å². The number of benzene rings is 1. The van der Waals surface area contributed by atoms with Crippen molar-refractivity contribution in [1.82, 2.24) is 25.3 Å². The van der Waals surface area contributed by atoms with E-state index in [1.54, 1.807) is 6.20 Å². The van der Waals surface area contributed by atoms with Crippen LogP contribution < -0.4 is 10.2 Å². The Hall–Kier alpha value is -3.43. The number of halogens is 1. The van der Waals surface area contributed by atoms with Crippen LogP contribution in [0.1, 0.15) is 5.69 Å². The van der Waals surface area contributed by atoms with E-state index in [-0.39, 0.29) is 17.9 Å². The Kier molecular flexibility index (Phi) is 5.69. The van der Waals surface area contributed by atoms with Gasteiger partial charge in [-0.15, -0.1) is 0 Å². The van der Waals surface area contributed by atoms with Crippen LogP contribution in [0.3, 0.4) is 0 Å². The fourth-order valence-corrected chi connectivity index (χ4v) is 5.80. The summed E-state index contributed by atoms with van der Waals surface area (Å²) < 4.78 is 0. The Balaban J connectivity index is 1.50. The van der Waals surface area contributed by atoms with Gasteiger partial charge in [0.15, 0.2) is 10.8 Å². The van der Waals surface area contributed by atoms with E-state index >= 15 is 0 Å². The number of thioether (sulfide) groups is 1. The maximum atomic E-state index is 11.1. The molecule has 10 heteroatoms. The van der Waals surface area contributed by atoms with Crippen molar-refractivity contribution in [2.45, 2.75) is 18.1 Å². The first kappa shape index (κ1) is 23.0. The number of carboxylic acid groups (broad SMARTS) is 1. The first-order valence-electron chi connectivity index (χ1n) is 11.6. The van der Waals surface area contributed by atoms with Gasteiger partial charge in [0.1, 0.15) is 5.82 Å². The van der Waals surface area contributed by atoms with E-state index in [9.17, 15) is 4.79 Å². The zero-order chi connectivity index (χ0) is 25.0. The van der Waals surface area contributed by atoms with E-state index in [1.165, 1.54) is 11.8 Å². The summed E-state index contributed by atoms with van der Waals surface area (Å²) in [5, 5.41) is 13.9. The first-order chi connectivity index (χ1) is 17.4. The van der Waals surface area contributed by atoms with Gasteiger partial charge in [-0.05, 0) is 36.9 Å². The Labute approximate surface area is 217 Å². The lowest BCUT2D eigenvalue weighted by atomic mass is 9.94. The van der Waals surface area contributed by atoms with Crippen LogP contribution in [0.25, 0.3) is 33.3 Å². The molecule has 6 rings (SSSR count). The molecule has 2 unspecified atom stereocenters. The summed E-state index contributed by atoms with van der Waals surface area (Å²) in [6, 6.07) is 12.0. The van der Waals surface area contributed by atoms with Crippen molar-refractivity contribution >= 4 is 46.3 Å². The van der Waals surface area contributed by atoms with Gasteiger partial charge in [0, 0.05) is 76.2 Å². The van der Waals surface area contributed by atoms with Gasteiger partial charge in [-0.2, -0.15) is 0 Å². The number of pyridine rings is 2. The summed E-state index contributed by atoms with van der Waals surface area (Å²) in [5.74, 6) is 1.33. The molecule has 182 valence electrons. The maximum Gasteiger partial charge on any atom is 0.404 e. The zero-order valence-corrected chi connectivity index (χ0v) is 21.2. The van der Waals surface area contributed by atoms with Gasteiger partial charge in [0.2, 0.25) is 0 Å². The normalized spacial score (nSPS) is 20.4. The van der Waals surface area contributed by atoms with Crippen molar-refractivity contribution in [2.24, 2.45) is 11.8 Å². The molecule has 1 saturated heterocycles. The van der Waals surface area contributed by atoms with E-state index in [4.69, 9.17) is 21.7 Å². The number of fused-ring (bicyclic) bond motifs is 2. The fourth-order valence-electron chi connectivity index (χ4n) is 5.18. The Morgan fingerprint density at radius 2 is 1.92 bits per heavy atom. The molecule has 4 heterocycles. The van der Waals surface area contributed by atoms with Crippen LogP contribution in [0.5, 0.6) is 0 Å². The molecule has 36 heavy (non-hydrogen) atoms. The lowest BCUT2D eigenvalue weighted by Crippen LogP contribution is -2.34. The molecule has 2 aliphatic rings. The summed E-state index contributed by atoms with van der Waals surface area (Å²) in [7, 11) is 0. The maximum absolute atomic E-state index is 11.1. The largest absolute Gasteiger partial charge is 0.465 e. The molecule has 1 aromatic carbocycles. The highest BCUT2D eigenvalue weighted by Gasteiger charge is 2.57. The van der Waals surface area contributed by atoms with Crippen LogP contribution in [-0.4, -0.2) is 56.5 Å². The number of nitrogens with zero attached hydrogens (tertiary/aromatic N) is 5. The molecule has 2 fully saturated rings. The van der Waals surface area contributed by atoms with Gasteiger partial charge in [0.25, 0.3) is 0 Å². The topological polar surface area (TPSA) is 104 Å². The Morgan fingerprint density at radius 1 is 1.11 bits per heavy atom. The molecular formula is C26H23ClN6O2S. The molecule has 4 aromatic rings. The number of amides is 1. The first-order valence-corrected chi connectivity index (χ1v) is 13.2. The standard InChI is InChI=1S/C26H23ClN6O2S/c1-13-6-7-14(9-28-13)16-4-3-5-20(27)21(16)17-8-15-10-29-25(36-2)32-23(15)31-24(17)33-11-18-19(12-33)22(18)30-26(34)35/h3-10,18-19,22,30H,11-12H2,1-2H3,(H,34,35). The van der Waals surface area contributed by atoms with Gasteiger partial charge in [-0.25, -0.2) is 19.7 Å². The number of aryl methyl sites for hydroxylation is 1. The summed E-state index contributed by atoms with van der Waals surface area (Å²) in [5.41, 5.74) is 5.27. The van der Waals surface area contributed by atoms with Crippen LogP contribution >= 0.6 is 23.4 Å². The third kappa shape index (κ3) is 4.02. The number of nitrogens with one attached hydrogen (secondary N) is 1. The van der Waals surface area contributed by atoms with Crippen molar-refractivity contribution in [3.8, 4) is 22.3 Å². The zero-order valence-electron chi connectivity index (χ0n) is 19.6. The third-order valence-corrected chi connectivity index (χ3v) is 7.87. The molecule has 0 bridgehead atoms. The Morgan fingerprint density at radius 3 is 2.61 bits per heavy atom. The molecule has 1 saturated carbocycles. The monoisotopic (exact) mass is 518 g/mol. The van der Waals surface area contributed by atoms with E-state index in [0.29, 0.717) is 28.9 Å². The number of hydrogen-bond acceptors (Lipinski definition) is 7. The summed E-state index contributed by atoms with van der Waals surface area (Å²) in [4.78, 5) is 32.0. The second kappa shape index (κ2) is 8.90. The number of hydrogen-bond donors (Lipinski definition) is 2. The predicted octanol–water partition coefficient (Wildman–Crippen LogP) is 5.14. The van der Waals surface area contributed by atoms with Crippen LogP contribution in [-0.2, 0) is 0 Å². The minimum absolute atomic E-state index is 0.00239. The molecule has 2 N–H and O–H groups in total. The fraction of sp³-hybridized carbons (Fsp3) is 0.269. The SMILES string of the molecule is CSc1ncc2cc(-c3c(Cl)cccc3-c3ccc(C)nc3)c(N3CC4C(C3)C4NC(=O)O)nc2n1. The second-order valence-electron chi connectivity index (χ2n) is 9.19. The molecule has 0 spiro atoms. The highest BCUT2D eigenvalue weighted by atomic mass is 35.5. The number of anilines is 1. The van der Waals surface area contributed by atoms with Crippen LogP contribution in [0.2, 0.25) is 5.02 Å². The third-order valence-electron chi connectivity index (χ3n) is 7.00. The molecule has 1 amide bonds. The average Bonchev–Trinajstić information content (AvgIpc) is 3.29. The highest BCUT2D eigenvalue weighted by Crippen LogP contribution is 2.49. The lowest BCUT2D eigenvalue weighted by Gasteiger charge is -2.25. The number of carbonyl (C=O) groups is 1. The quantitative estimate of drug-likeness (QED) is 0.276. The smallest absolute Gasteiger partial charge is 0.404 e. The van der Waals surface area contributed by atoms with Gasteiger partial charge in [-0.1, -0.05) is 41.6 Å². The summed E-state index contributed by atoms with van der Waals surface area (Å²) in [6.07, 6.45) is 4.62.